The lowest BCUT2D eigenvalue weighted by Crippen LogP contribution is -2.22. The second-order valence-electron chi connectivity index (χ2n) is 6.86. The summed E-state index contributed by atoms with van der Waals surface area (Å²) < 4.78 is 1.11. The van der Waals surface area contributed by atoms with E-state index in [0.29, 0.717) is 5.41 Å². The summed E-state index contributed by atoms with van der Waals surface area (Å²) in [7, 11) is 0. The Bertz CT molecular complexity index is 849. The fraction of sp³-hybridized carbons (Fsp3) is 0.316. The number of aromatic nitrogens is 2. The maximum absolute atomic E-state index is 4.50. The summed E-state index contributed by atoms with van der Waals surface area (Å²) >= 11 is 3.52. The number of hydrogen-bond donors (Lipinski definition) is 2. The highest BCUT2D eigenvalue weighted by Crippen LogP contribution is 2.44. The summed E-state index contributed by atoms with van der Waals surface area (Å²) in [4.78, 5) is 7.93. The molecule has 1 fully saturated rings. The molecule has 3 aromatic rings. The third-order valence-electron chi connectivity index (χ3n) is 4.69. The first-order valence-electron chi connectivity index (χ1n) is 8.06. The zero-order valence-electron chi connectivity index (χ0n) is 13.2. The van der Waals surface area contributed by atoms with Crippen molar-refractivity contribution in [1.82, 2.24) is 15.3 Å². The van der Waals surface area contributed by atoms with Gasteiger partial charge in [-0.3, -0.25) is 0 Å². The molecule has 1 aliphatic rings. The summed E-state index contributed by atoms with van der Waals surface area (Å²) in [6, 6.07) is 12.9. The zero-order chi connectivity index (χ0) is 15.9. The molecule has 0 saturated heterocycles. The van der Waals surface area contributed by atoms with Crippen molar-refractivity contribution >= 4 is 26.7 Å². The minimum atomic E-state index is 0.530. The van der Waals surface area contributed by atoms with Crippen molar-refractivity contribution in [3.8, 4) is 11.3 Å². The molecule has 3 nitrogen and oxygen atoms in total. The van der Waals surface area contributed by atoms with Crippen LogP contribution < -0.4 is 5.32 Å². The van der Waals surface area contributed by atoms with Gasteiger partial charge in [-0.15, -0.1) is 0 Å². The van der Waals surface area contributed by atoms with Crippen LogP contribution in [-0.2, 0) is 6.54 Å². The van der Waals surface area contributed by atoms with Crippen LogP contribution in [0.15, 0.2) is 47.1 Å². The smallest absolute Gasteiger partial charge is 0.120 e. The quantitative estimate of drug-likeness (QED) is 0.672. The van der Waals surface area contributed by atoms with Crippen LogP contribution in [-0.4, -0.2) is 16.5 Å². The van der Waals surface area contributed by atoms with E-state index in [-0.39, 0.29) is 0 Å². The number of fused-ring (bicyclic) bond motifs is 1. The molecule has 1 aromatic heterocycles. The van der Waals surface area contributed by atoms with E-state index in [1.165, 1.54) is 29.2 Å². The third kappa shape index (κ3) is 3.33. The fourth-order valence-corrected chi connectivity index (χ4v) is 3.23. The zero-order valence-corrected chi connectivity index (χ0v) is 14.8. The van der Waals surface area contributed by atoms with E-state index < -0.39 is 0 Å². The Morgan fingerprint density at radius 2 is 1.96 bits per heavy atom. The Hall–Kier alpha value is -1.65. The lowest BCUT2D eigenvalue weighted by Gasteiger charge is -2.08. The summed E-state index contributed by atoms with van der Waals surface area (Å²) in [6.45, 7) is 4.21. The van der Waals surface area contributed by atoms with Gasteiger partial charge >= 0.3 is 0 Å². The van der Waals surface area contributed by atoms with Crippen molar-refractivity contribution in [2.45, 2.75) is 26.3 Å². The summed E-state index contributed by atoms with van der Waals surface area (Å²) in [6.07, 6.45) is 4.61. The SMILES string of the molecule is CC1(CNCc2ncc(-c3ccc4cc(Br)ccc4c3)[nH]2)CC1. The van der Waals surface area contributed by atoms with E-state index in [0.717, 1.165) is 29.1 Å². The molecular weight excluding hydrogens is 350 g/mol. The van der Waals surface area contributed by atoms with Gasteiger partial charge in [-0.2, -0.15) is 0 Å². The van der Waals surface area contributed by atoms with E-state index >= 15 is 0 Å². The molecule has 118 valence electrons. The van der Waals surface area contributed by atoms with Crippen molar-refractivity contribution < 1.29 is 0 Å². The number of nitrogens with zero attached hydrogens (tertiary/aromatic N) is 1. The number of halogens is 1. The van der Waals surface area contributed by atoms with Gasteiger partial charge in [-0.1, -0.05) is 41.1 Å². The molecule has 1 saturated carbocycles. The first kappa shape index (κ1) is 14.9. The highest BCUT2D eigenvalue weighted by molar-refractivity contribution is 9.10. The van der Waals surface area contributed by atoms with Crippen LogP contribution in [0, 0.1) is 5.41 Å². The summed E-state index contributed by atoms with van der Waals surface area (Å²) in [5.74, 6) is 1.00. The molecule has 0 aliphatic heterocycles. The van der Waals surface area contributed by atoms with Crippen LogP contribution in [0.2, 0.25) is 0 Å². The predicted molar refractivity (Wildman–Crippen MR) is 98.3 cm³/mol. The first-order valence-corrected chi connectivity index (χ1v) is 8.85. The van der Waals surface area contributed by atoms with Crippen LogP contribution in [0.1, 0.15) is 25.6 Å². The molecule has 2 aromatic carbocycles. The first-order chi connectivity index (χ1) is 11.1. The van der Waals surface area contributed by atoms with Crippen LogP contribution in [0.4, 0.5) is 0 Å². The molecule has 1 heterocycles. The second kappa shape index (κ2) is 5.77. The van der Waals surface area contributed by atoms with E-state index in [2.05, 4.69) is 74.5 Å². The molecule has 4 rings (SSSR count). The fourth-order valence-electron chi connectivity index (χ4n) is 2.86. The van der Waals surface area contributed by atoms with E-state index in [9.17, 15) is 0 Å². The topological polar surface area (TPSA) is 40.7 Å². The van der Waals surface area contributed by atoms with Gasteiger partial charge in [0.1, 0.15) is 5.82 Å². The van der Waals surface area contributed by atoms with Gasteiger partial charge in [0.15, 0.2) is 0 Å². The van der Waals surface area contributed by atoms with Crippen molar-refractivity contribution in [3.63, 3.8) is 0 Å². The summed E-state index contributed by atoms with van der Waals surface area (Å²) in [5.41, 5.74) is 2.78. The van der Waals surface area contributed by atoms with Crippen molar-refractivity contribution in [1.29, 1.82) is 0 Å². The number of rotatable bonds is 5. The number of hydrogen-bond acceptors (Lipinski definition) is 2. The number of H-pyrrole nitrogens is 1. The minimum absolute atomic E-state index is 0.530. The van der Waals surface area contributed by atoms with Crippen LogP contribution in [0.5, 0.6) is 0 Å². The number of nitrogens with one attached hydrogen (secondary N) is 2. The maximum atomic E-state index is 4.50. The van der Waals surface area contributed by atoms with Gasteiger partial charge < -0.3 is 10.3 Å². The maximum Gasteiger partial charge on any atom is 0.120 e. The van der Waals surface area contributed by atoms with Crippen LogP contribution in [0.3, 0.4) is 0 Å². The Morgan fingerprint density at radius 1 is 1.17 bits per heavy atom. The monoisotopic (exact) mass is 369 g/mol. The molecule has 1 aliphatic carbocycles. The van der Waals surface area contributed by atoms with Gasteiger partial charge in [0.05, 0.1) is 18.4 Å². The van der Waals surface area contributed by atoms with Gasteiger partial charge in [0.25, 0.3) is 0 Å². The molecule has 23 heavy (non-hydrogen) atoms. The largest absolute Gasteiger partial charge is 0.341 e. The van der Waals surface area contributed by atoms with Crippen molar-refractivity contribution in [2.75, 3.05) is 6.54 Å². The average molecular weight is 370 g/mol. The van der Waals surface area contributed by atoms with Crippen molar-refractivity contribution in [3.05, 3.63) is 52.9 Å². The molecule has 0 radical (unpaired) electrons. The minimum Gasteiger partial charge on any atom is -0.341 e. The molecule has 0 spiro atoms. The van der Waals surface area contributed by atoms with Gasteiger partial charge in [-0.05, 0) is 47.2 Å². The number of imidazole rings is 1. The number of aromatic amines is 1. The molecule has 0 atom stereocenters. The van der Waals surface area contributed by atoms with Crippen molar-refractivity contribution in [2.24, 2.45) is 5.41 Å². The van der Waals surface area contributed by atoms with Crippen LogP contribution in [0.25, 0.3) is 22.0 Å². The lowest BCUT2D eigenvalue weighted by molar-refractivity contribution is 0.494. The molecular formula is C19H20BrN3. The van der Waals surface area contributed by atoms with Crippen LogP contribution >= 0.6 is 15.9 Å². The third-order valence-corrected chi connectivity index (χ3v) is 5.18. The van der Waals surface area contributed by atoms with E-state index in [4.69, 9.17) is 0 Å². The molecule has 4 heteroatoms. The highest BCUT2D eigenvalue weighted by atomic mass is 79.9. The molecule has 0 amide bonds. The molecule has 0 unspecified atom stereocenters. The molecule has 2 N–H and O–H groups in total. The average Bonchev–Trinajstić information content (AvgIpc) is 3.09. The Morgan fingerprint density at radius 3 is 2.78 bits per heavy atom. The van der Waals surface area contributed by atoms with E-state index in [1.54, 1.807) is 0 Å². The van der Waals surface area contributed by atoms with Gasteiger partial charge in [0.2, 0.25) is 0 Å². The Kier molecular flexibility index (Phi) is 3.74. The standard InChI is InChI=1S/C19H20BrN3/c1-19(6-7-19)12-21-11-18-22-10-17(23-18)15-3-2-14-9-16(20)5-4-13(14)8-15/h2-5,8-10,21H,6-7,11-12H2,1H3,(H,22,23). The van der Waals surface area contributed by atoms with Gasteiger partial charge in [0, 0.05) is 16.6 Å². The lowest BCUT2D eigenvalue weighted by atomic mass is 10.1. The number of benzene rings is 2. The highest BCUT2D eigenvalue weighted by Gasteiger charge is 2.36. The van der Waals surface area contributed by atoms with Gasteiger partial charge in [-0.25, -0.2) is 4.98 Å². The Balaban J connectivity index is 1.50. The Labute approximate surface area is 144 Å². The van der Waals surface area contributed by atoms with E-state index in [1.807, 2.05) is 6.20 Å². The molecule has 0 bridgehead atoms. The second-order valence-corrected chi connectivity index (χ2v) is 7.78. The predicted octanol–water partition coefficient (Wildman–Crippen LogP) is 4.88. The normalized spacial score (nSPS) is 15.9. The summed E-state index contributed by atoms with van der Waals surface area (Å²) in [5, 5.41) is 5.98.